The monoisotopic (exact) mass is 592 g/mol. The summed E-state index contributed by atoms with van der Waals surface area (Å²) in [6.45, 7) is 0.933. The Labute approximate surface area is 244 Å². The normalized spacial score (nSPS) is 11.8. The minimum atomic E-state index is -5.21. The van der Waals surface area contributed by atoms with Gasteiger partial charge in [0.25, 0.3) is 11.3 Å². The summed E-state index contributed by atoms with van der Waals surface area (Å²) < 4.78 is 46.3. The summed E-state index contributed by atoms with van der Waals surface area (Å²) in [5, 5.41) is 4.43. The fourth-order valence-electron chi connectivity index (χ4n) is 4.25. The van der Waals surface area contributed by atoms with Crippen LogP contribution in [0.1, 0.15) is 16.7 Å². The van der Waals surface area contributed by atoms with E-state index >= 15 is 0 Å². The van der Waals surface area contributed by atoms with Crippen molar-refractivity contribution < 1.29 is 32.3 Å². The number of carbonyl (C=O) groups excluding carboxylic acids is 3. The number of ketones is 1. The van der Waals surface area contributed by atoms with E-state index in [-0.39, 0.29) is 18.1 Å². The lowest BCUT2D eigenvalue weighted by Gasteiger charge is -2.20. The maximum Gasteiger partial charge on any atom is 0.452 e. The summed E-state index contributed by atoms with van der Waals surface area (Å²) in [5.74, 6) is -3.15. The van der Waals surface area contributed by atoms with Gasteiger partial charge in [-0.05, 0) is 24.1 Å². The number of hydrogen-bond acceptors (Lipinski definition) is 6. The Morgan fingerprint density at radius 1 is 0.930 bits per heavy atom. The molecule has 4 aromatic rings. The van der Waals surface area contributed by atoms with E-state index in [4.69, 9.17) is 4.74 Å². The molecule has 0 aliphatic carbocycles. The number of alkyl halides is 3. The van der Waals surface area contributed by atoms with E-state index < -0.39 is 48.5 Å². The number of nitrogens with zero attached hydrogens (tertiary/aromatic N) is 2. The molecule has 1 atom stereocenters. The highest BCUT2D eigenvalue weighted by Gasteiger charge is 2.44. The van der Waals surface area contributed by atoms with Gasteiger partial charge >= 0.3 is 12.3 Å². The average molecular weight is 593 g/mol. The predicted octanol–water partition coefficient (Wildman–Crippen LogP) is 4.83. The first-order valence-corrected chi connectivity index (χ1v) is 13.1. The molecule has 0 radical (unpaired) electrons. The fourth-order valence-corrected chi connectivity index (χ4v) is 4.25. The number of aromatic nitrogens is 2. The molecule has 0 bridgehead atoms. The van der Waals surface area contributed by atoms with E-state index in [2.05, 4.69) is 15.6 Å². The molecule has 0 aliphatic rings. The van der Waals surface area contributed by atoms with Gasteiger partial charge in [0, 0.05) is 12.0 Å². The van der Waals surface area contributed by atoms with Gasteiger partial charge in [0.15, 0.2) is 0 Å². The molecule has 0 spiro atoms. The van der Waals surface area contributed by atoms with Crippen LogP contribution in [0.15, 0.2) is 95.9 Å². The topological polar surface area (TPSA) is 119 Å². The minimum Gasteiger partial charge on any atom is -0.444 e. The molecule has 1 unspecified atom stereocenters. The molecule has 1 aromatic heterocycles. The van der Waals surface area contributed by atoms with Gasteiger partial charge in [-0.15, -0.1) is 0 Å². The first-order valence-electron chi connectivity index (χ1n) is 13.1. The van der Waals surface area contributed by atoms with Crippen LogP contribution in [0.3, 0.4) is 0 Å². The van der Waals surface area contributed by atoms with E-state index in [1.54, 1.807) is 79.7 Å². The lowest BCUT2D eigenvalue weighted by molar-refractivity contribution is -0.173. The zero-order valence-corrected chi connectivity index (χ0v) is 22.9. The summed E-state index contributed by atoms with van der Waals surface area (Å²) in [7, 11) is 0. The molecule has 4 rings (SSSR count). The van der Waals surface area contributed by atoms with Crippen molar-refractivity contribution in [1.29, 1.82) is 0 Å². The predicted molar refractivity (Wildman–Crippen MR) is 152 cm³/mol. The Balaban J connectivity index is 1.61. The second-order valence-corrected chi connectivity index (χ2v) is 9.61. The molecule has 9 nitrogen and oxygen atoms in total. The molecule has 0 saturated carbocycles. The summed E-state index contributed by atoms with van der Waals surface area (Å²) in [5.41, 5.74) is 1.17. The highest BCUT2D eigenvalue weighted by Crippen LogP contribution is 2.21. The number of anilines is 1. The number of halogens is 3. The molecule has 1 heterocycles. The summed E-state index contributed by atoms with van der Waals surface area (Å²) in [4.78, 5) is 55.5. The number of Topliss-reactive ketones (excluding diaryl/α,β-unsaturated/α-hetero) is 1. The Kier molecular flexibility index (Phi) is 9.71. The molecular formula is C31H27F3N4O5. The number of carbonyl (C=O) groups is 3. The molecular weight excluding hydrogens is 565 g/mol. The smallest absolute Gasteiger partial charge is 0.444 e. The van der Waals surface area contributed by atoms with Crippen molar-refractivity contribution >= 4 is 23.5 Å². The standard InChI is InChI=1S/C31H27F3N4O5/c1-20-9-8-14-23(15-20)28-35-17-25(37-30(42)43-19-22-12-6-3-7-13-22)29(41)38(28)18-26(39)36-24(27(40)31(32,33)34)16-21-10-4-2-5-11-21/h2-15,17,24H,16,18-19H2,1H3,(H,36,39)(H,37,42). The second-order valence-electron chi connectivity index (χ2n) is 9.61. The Bertz CT molecular complexity index is 1660. The Morgan fingerprint density at radius 2 is 1.58 bits per heavy atom. The Morgan fingerprint density at radius 3 is 2.21 bits per heavy atom. The van der Waals surface area contributed by atoms with E-state index in [0.29, 0.717) is 16.7 Å². The van der Waals surface area contributed by atoms with Crippen molar-refractivity contribution in [3.8, 4) is 11.4 Å². The number of aryl methyl sites for hydroxylation is 1. The largest absolute Gasteiger partial charge is 0.452 e. The maximum atomic E-state index is 13.5. The third-order valence-electron chi connectivity index (χ3n) is 6.29. The molecule has 2 N–H and O–H groups in total. The lowest BCUT2D eigenvalue weighted by atomic mass is 10.0. The van der Waals surface area contributed by atoms with Crippen molar-refractivity contribution in [2.24, 2.45) is 0 Å². The molecule has 0 saturated heterocycles. The van der Waals surface area contributed by atoms with Crippen LogP contribution < -0.4 is 16.2 Å². The van der Waals surface area contributed by atoms with Crippen LogP contribution in [0.25, 0.3) is 11.4 Å². The van der Waals surface area contributed by atoms with Gasteiger partial charge in [-0.25, -0.2) is 9.78 Å². The van der Waals surface area contributed by atoms with E-state index in [9.17, 15) is 32.3 Å². The molecule has 0 aliphatic heterocycles. The number of rotatable bonds is 10. The van der Waals surface area contributed by atoms with Crippen LogP contribution in [0.4, 0.5) is 23.7 Å². The summed E-state index contributed by atoms with van der Waals surface area (Å²) in [6.07, 6.45) is -5.48. The number of nitrogens with one attached hydrogen (secondary N) is 2. The van der Waals surface area contributed by atoms with Crippen molar-refractivity contribution in [1.82, 2.24) is 14.9 Å². The third-order valence-corrected chi connectivity index (χ3v) is 6.29. The Hall–Kier alpha value is -5.26. The SMILES string of the molecule is Cc1cccc(-c2ncc(NC(=O)OCc3ccccc3)c(=O)n2CC(=O)NC(Cc2ccccc2)C(=O)C(F)(F)F)c1. The highest BCUT2D eigenvalue weighted by atomic mass is 19.4. The van der Waals surface area contributed by atoms with Crippen LogP contribution in [0, 0.1) is 6.92 Å². The first-order chi connectivity index (χ1) is 20.5. The van der Waals surface area contributed by atoms with E-state index in [0.717, 1.165) is 16.3 Å². The van der Waals surface area contributed by atoms with Gasteiger partial charge in [0.2, 0.25) is 5.91 Å². The van der Waals surface area contributed by atoms with Crippen LogP contribution in [-0.4, -0.2) is 39.6 Å². The number of hydrogen-bond donors (Lipinski definition) is 2. The zero-order valence-electron chi connectivity index (χ0n) is 22.9. The zero-order chi connectivity index (χ0) is 31.0. The number of benzene rings is 3. The molecule has 43 heavy (non-hydrogen) atoms. The minimum absolute atomic E-state index is 0.0220. The summed E-state index contributed by atoms with van der Waals surface area (Å²) >= 11 is 0. The molecule has 0 fully saturated rings. The highest BCUT2D eigenvalue weighted by molar-refractivity contribution is 5.93. The van der Waals surface area contributed by atoms with Crippen molar-refractivity contribution in [2.75, 3.05) is 5.32 Å². The summed E-state index contributed by atoms with van der Waals surface area (Å²) in [6, 6.07) is 21.6. The van der Waals surface area contributed by atoms with Gasteiger partial charge in [-0.3, -0.25) is 24.3 Å². The van der Waals surface area contributed by atoms with Gasteiger partial charge in [-0.1, -0.05) is 84.4 Å². The van der Waals surface area contributed by atoms with Gasteiger partial charge in [-0.2, -0.15) is 13.2 Å². The van der Waals surface area contributed by atoms with Gasteiger partial charge < -0.3 is 10.1 Å². The number of amides is 2. The van der Waals surface area contributed by atoms with Gasteiger partial charge in [0.1, 0.15) is 30.7 Å². The van der Waals surface area contributed by atoms with Crippen molar-refractivity contribution in [2.45, 2.75) is 38.7 Å². The fraction of sp³-hybridized carbons (Fsp3) is 0.194. The molecule has 222 valence electrons. The molecule has 2 amide bonds. The molecule has 12 heteroatoms. The van der Waals surface area contributed by atoms with E-state index in [1.165, 1.54) is 12.1 Å². The van der Waals surface area contributed by atoms with Crippen molar-refractivity contribution in [3.05, 3.63) is 118 Å². The van der Waals surface area contributed by atoms with Crippen LogP contribution in [0.2, 0.25) is 0 Å². The lowest BCUT2D eigenvalue weighted by Crippen LogP contribution is -2.49. The van der Waals surface area contributed by atoms with Crippen LogP contribution in [-0.2, 0) is 33.9 Å². The van der Waals surface area contributed by atoms with Crippen LogP contribution >= 0.6 is 0 Å². The maximum absolute atomic E-state index is 13.5. The van der Waals surface area contributed by atoms with Crippen LogP contribution in [0.5, 0.6) is 0 Å². The van der Waals surface area contributed by atoms with E-state index in [1.807, 2.05) is 0 Å². The number of ether oxygens (including phenoxy) is 1. The second kappa shape index (κ2) is 13.6. The van der Waals surface area contributed by atoms with Gasteiger partial charge in [0.05, 0.1) is 6.20 Å². The average Bonchev–Trinajstić information content (AvgIpc) is 2.98. The first kappa shape index (κ1) is 30.7. The third kappa shape index (κ3) is 8.38. The molecule has 3 aromatic carbocycles. The van der Waals surface area contributed by atoms with Crippen molar-refractivity contribution in [3.63, 3.8) is 0 Å². The quantitative estimate of drug-likeness (QED) is 0.272.